The van der Waals surface area contributed by atoms with Crippen molar-refractivity contribution in [1.29, 1.82) is 0 Å². The van der Waals surface area contributed by atoms with E-state index in [0.717, 1.165) is 6.42 Å². The molecule has 0 amide bonds. The van der Waals surface area contributed by atoms with Crippen LogP contribution >= 0.6 is 0 Å². The summed E-state index contributed by atoms with van der Waals surface area (Å²) in [5, 5.41) is 3.90. The Bertz CT molecular complexity index is 469. The molecule has 106 valence electrons. The smallest absolute Gasteiger partial charge is 0.334 e. The van der Waals surface area contributed by atoms with Crippen molar-refractivity contribution in [2.75, 3.05) is 0 Å². The van der Waals surface area contributed by atoms with Crippen LogP contribution in [0.15, 0.2) is 16.2 Å². The Hall–Kier alpha value is -1.65. The molecule has 19 heavy (non-hydrogen) atoms. The third-order valence-corrected chi connectivity index (χ3v) is 2.58. The van der Waals surface area contributed by atoms with Crippen LogP contribution in [0.4, 0.5) is 0 Å². The molecule has 0 aliphatic rings. The Morgan fingerprint density at radius 1 is 1.47 bits per heavy atom. The zero-order valence-electron chi connectivity index (χ0n) is 12.5. The van der Waals surface area contributed by atoms with Crippen molar-refractivity contribution in [2.45, 2.75) is 59.5 Å². The third-order valence-electron chi connectivity index (χ3n) is 2.58. The molecule has 5 nitrogen and oxygen atoms in total. The maximum Gasteiger partial charge on any atom is 0.334 e. The zero-order chi connectivity index (χ0) is 14.6. The van der Waals surface area contributed by atoms with Crippen molar-refractivity contribution in [3.05, 3.63) is 23.4 Å². The number of hydrogen-bond acceptors (Lipinski definition) is 5. The fourth-order valence-electron chi connectivity index (χ4n) is 1.40. The van der Waals surface area contributed by atoms with E-state index in [9.17, 15) is 4.79 Å². The van der Waals surface area contributed by atoms with Crippen LogP contribution in [0.2, 0.25) is 0 Å². The van der Waals surface area contributed by atoms with E-state index in [2.05, 4.69) is 10.1 Å². The standard InChI is InChI=1S/C14H22N2O3/c1-7-8-9(2)12(17)18-10(3)11-15-13(16-19-11)14(4,5)6/h8,10H,7H2,1-6H3/b9-8-. The molecule has 1 heterocycles. The van der Waals surface area contributed by atoms with Crippen molar-refractivity contribution >= 4 is 5.97 Å². The monoisotopic (exact) mass is 266 g/mol. The number of carbonyl (C=O) groups is 1. The number of esters is 1. The first kappa shape index (κ1) is 15.4. The maximum absolute atomic E-state index is 11.7. The molecule has 0 N–H and O–H groups in total. The second-order valence-electron chi connectivity index (χ2n) is 5.55. The van der Waals surface area contributed by atoms with Gasteiger partial charge in [-0.3, -0.25) is 0 Å². The van der Waals surface area contributed by atoms with E-state index in [1.165, 1.54) is 0 Å². The van der Waals surface area contributed by atoms with Crippen LogP contribution < -0.4 is 0 Å². The number of hydrogen-bond donors (Lipinski definition) is 0. The fraction of sp³-hybridized carbons (Fsp3) is 0.643. The lowest BCUT2D eigenvalue weighted by atomic mass is 9.96. The molecule has 0 bridgehead atoms. The van der Waals surface area contributed by atoms with Crippen LogP contribution in [0.3, 0.4) is 0 Å². The number of carbonyl (C=O) groups excluding carboxylic acids is 1. The molecule has 1 atom stereocenters. The highest BCUT2D eigenvalue weighted by Gasteiger charge is 2.24. The van der Waals surface area contributed by atoms with Crippen molar-refractivity contribution in [2.24, 2.45) is 0 Å². The van der Waals surface area contributed by atoms with Crippen LogP contribution in [0.1, 0.15) is 65.8 Å². The summed E-state index contributed by atoms with van der Waals surface area (Å²) in [7, 11) is 0. The van der Waals surface area contributed by atoms with E-state index < -0.39 is 6.10 Å². The summed E-state index contributed by atoms with van der Waals surface area (Å²) in [4.78, 5) is 16.0. The lowest BCUT2D eigenvalue weighted by molar-refractivity contribution is -0.144. The van der Waals surface area contributed by atoms with E-state index >= 15 is 0 Å². The van der Waals surface area contributed by atoms with Crippen LogP contribution in [-0.4, -0.2) is 16.1 Å². The minimum absolute atomic E-state index is 0.191. The molecule has 0 radical (unpaired) electrons. The van der Waals surface area contributed by atoms with Crippen molar-refractivity contribution < 1.29 is 14.1 Å². The lowest BCUT2D eigenvalue weighted by Crippen LogP contribution is -2.14. The van der Waals surface area contributed by atoms with Gasteiger partial charge in [0.05, 0.1) is 0 Å². The summed E-state index contributed by atoms with van der Waals surface area (Å²) in [6, 6.07) is 0. The average Bonchev–Trinajstić information content (AvgIpc) is 2.78. The van der Waals surface area contributed by atoms with Crippen LogP contribution in [-0.2, 0) is 14.9 Å². The van der Waals surface area contributed by atoms with Gasteiger partial charge in [-0.15, -0.1) is 0 Å². The Labute approximate surface area is 114 Å². The quantitative estimate of drug-likeness (QED) is 0.617. The van der Waals surface area contributed by atoms with Crippen molar-refractivity contribution in [1.82, 2.24) is 10.1 Å². The highest BCUT2D eigenvalue weighted by molar-refractivity contribution is 5.87. The molecule has 0 aromatic carbocycles. The average molecular weight is 266 g/mol. The van der Waals surface area contributed by atoms with Gasteiger partial charge in [0, 0.05) is 11.0 Å². The highest BCUT2D eigenvalue weighted by atomic mass is 16.6. The van der Waals surface area contributed by atoms with Gasteiger partial charge in [0.25, 0.3) is 5.89 Å². The zero-order valence-corrected chi connectivity index (χ0v) is 12.5. The molecule has 5 heteroatoms. The second-order valence-corrected chi connectivity index (χ2v) is 5.55. The normalized spacial score (nSPS) is 14.3. The molecule has 0 aliphatic heterocycles. The summed E-state index contributed by atoms with van der Waals surface area (Å²) < 4.78 is 10.4. The molecule has 1 unspecified atom stereocenters. The Morgan fingerprint density at radius 3 is 2.58 bits per heavy atom. The van der Waals surface area contributed by atoms with Gasteiger partial charge >= 0.3 is 5.97 Å². The summed E-state index contributed by atoms with van der Waals surface area (Å²) in [5.41, 5.74) is 0.397. The fourth-order valence-corrected chi connectivity index (χ4v) is 1.40. The summed E-state index contributed by atoms with van der Waals surface area (Å²) in [6.07, 6.45) is 2.07. The van der Waals surface area contributed by atoms with Crippen LogP contribution in [0.5, 0.6) is 0 Å². The van der Waals surface area contributed by atoms with Gasteiger partial charge in [-0.05, 0) is 20.3 Å². The van der Waals surface area contributed by atoms with Gasteiger partial charge in [0.2, 0.25) is 0 Å². The summed E-state index contributed by atoms with van der Waals surface area (Å²) >= 11 is 0. The van der Waals surface area contributed by atoms with E-state index in [0.29, 0.717) is 17.3 Å². The highest BCUT2D eigenvalue weighted by Crippen LogP contribution is 2.22. The second kappa shape index (κ2) is 5.99. The predicted octanol–water partition coefficient (Wildman–Crippen LogP) is 3.33. The molecular weight excluding hydrogens is 244 g/mol. The molecule has 0 fully saturated rings. The van der Waals surface area contributed by atoms with E-state index in [4.69, 9.17) is 9.26 Å². The van der Waals surface area contributed by atoms with E-state index in [-0.39, 0.29) is 11.4 Å². The minimum Gasteiger partial charge on any atom is -0.449 e. The van der Waals surface area contributed by atoms with Gasteiger partial charge in [-0.2, -0.15) is 4.98 Å². The number of allylic oxidation sites excluding steroid dienone is 1. The molecule has 0 saturated heterocycles. The summed E-state index contributed by atoms with van der Waals surface area (Å²) in [6.45, 7) is 11.4. The Kier molecular flexibility index (Phi) is 4.86. The molecule has 0 spiro atoms. The third kappa shape index (κ3) is 4.19. The molecular formula is C14H22N2O3. The molecule has 0 saturated carbocycles. The molecule has 1 aromatic heterocycles. The number of rotatable bonds is 4. The SMILES string of the molecule is CC/C=C(/C)C(=O)OC(C)c1nc(C(C)(C)C)no1. The first-order valence-corrected chi connectivity index (χ1v) is 6.47. The van der Waals surface area contributed by atoms with E-state index in [1.54, 1.807) is 13.8 Å². The molecule has 1 aromatic rings. The van der Waals surface area contributed by atoms with Crippen LogP contribution in [0.25, 0.3) is 0 Å². The Balaban J connectivity index is 2.74. The number of ether oxygens (including phenoxy) is 1. The molecule has 1 rings (SSSR count). The minimum atomic E-state index is -0.545. The van der Waals surface area contributed by atoms with Crippen LogP contribution in [0, 0.1) is 0 Å². The predicted molar refractivity (Wildman–Crippen MR) is 71.6 cm³/mol. The van der Waals surface area contributed by atoms with Gasteiger partial charge in [-0.1, -0.05) is 38.9 Å². The van der Waals surface area contributed by atoms with Gasteiger partial charge in [0.1, 0.15) is 0 Å². The first-order valence-electron chi connectivity index (χ1n) is 6.47. The Morgan fingerprint density at radius 2 is 2.11 bits per heavy atom. The number of aromatic nitrogens is 2. The lowest BCUT2D eigenvalue weighted by Gasteiger charge is -2.11. The van der Waals surface area contributed by atoms with Gasteiger partial charge < -0.3 is 9.26 Å². The van der Waals surface area contributed by atoms with Gasteiger partial charge in [-0.25, -0.2) is 4.79 Å². The van der Waals surface area contributed by atoms with Gasteiger partial charge in [0.15, 0.2) is 11.9 Å². The maximum atomic E-state index is 11.7. The largest absolute Gasteiger partial charge is 0.449 e. The topological polar surface area (TPSA) is 65.2 Å². The molecule has 0 aliphatic carbocycles. The summed E-state index contributed by atoms with van der Waals surface area (Å²) in [5.74, 6) is 0.568. The van der Waals surface area contributed by atoms with Crippen molar-refractivity contribution in [3.63, 3.8) is 0 Å². The van der Waals surface area contributed by atoms with Crippen molar-refractivity contribution in [3.8, 4) is 0 Å². The number of nitrogens with zero attached hydrogens (tertiary/aromatic N) is 2. The first-order chi connectivity index (χ1) is 8.75. The van der Waals surface area contributed by atoms with E-state index in [1.807, 2.05) is 33.8 Å².